The van der Waals surface area contributed by atoms with Gasteiger partial charge >= 0.3 is 5.69 Å². The molecular formula is C21H20N6O2. The number of amides is 1. The highest BCUT2D eigenvalue weighted by Gasteiger charge is 2.12. The SMILES string of the molecule is Cc1ccc(Nc2ccn3c(=O)n(CC(=O)NCc4ccccc4)nc3n2)cc1. The largest absolute Gasteiger partial charge is 0.352 e. The van der Waals surface area contributed by atoms with E-state index in [9.17, 15) is 9.59 Å². The minimum Gasteiger partial charge on any atom is -0.350 e. The van der Waals surface area contributed by atoms with E-state index in [4.69, 9.17) is 0 Å². The maximum absolute atomic E-state index is 12.5. The van der Waals surface area contributed by atoms with Crippen molar-refractivity contribution >= 4 is 23.2 Å². The molecule has 0 fully saturated rings. The highest BCUT2D eigenvalue weighted by atomic mass is 16.2. The van der Waals surface area contributed by atoms with Crippen LogP contribution in [-0.4, -0.2) is 25.1 Å². The fourth-order valence-electron chi connectivity index (χ4n) is 2.85. The lowest BCUT2D eigenvalue weighted by molar-refractivity contribution is -0.122. The molecule has 0 saturated heterocycles. The van der Waals surface area contributed by atoms with Crippen LogP contribution in [0.4, 0.5) is 11.5 Å². The first-order valence-electron chi connectivity index (χ1n) is 9.19. The van der Waals surface area contributed by atoms with E-state index in [2.05, 4.69) is 20.7 Å². The second kappa shape index (κ2) is 7.97. The van der Waals surface area contributed by atoms with E-state index in [1.807, 2.05) is 61.5 Å². The zero-order valence-electron chi connectivity index (χ0n) is 15.9. The first kappa shape index (κ1) is 18.4. The Hall–Kier alpha value is -3.94. The van der Waals surface area contributed by atoms with Gasteiger partial charge in [0.05, 0.1) is 0 Å². The normalized spacial score (nSPS) is 10.8. The van der Waals surface area contributed by atoms with Crippen LogP contribution in [0.25, 0.3) is 5.78 Å². The molecule has 0 radical (unpaired) electrons. The van der Waals surface area contributed by atoms with Crippen LogP contribution in [0.1, 0.15) is 11.1 Å². The Labute approximate surface area is 166 Å². The van der Waals surface area contributed by atoms with E-state index < -0.39 is 5.69 Å². The van der Waals surface area contributed by atoms with E-state index in [1.165, 1.54) is 4.40 Å². The molecule has 4 rings (SSSR count). The van der Waals surface area contributed by atoms with Gasteiger partial charge in [0.2, 0.25) is 5.91 Å². The summed E-state index contributed by atoms with van der Waals surface area (Å²) in [4.78, 5) is 29.0. The smallest absolute Gasteiger partial charge is 0.350 e. The summed E-state index contributed by atoms with van der Waals surface area (Å²) >= 11 is 0. The number of aromatic nitrogens is 4. The quantitative estimate of drug-likeness (QED) is 0.528. The number of nitrogens with zero attached hydrogens (tertiary/aromatic N) is 4. The Morgan fingerprint density at radius 1 is 1.03 bits per heavy atom. The van der Waals surface area contributed by atoms with Crippen LogP contribution in [0.15, 0.2) is 71.7 Å². The number of carbonyl (C=O) groups is 1. The molecule has 0 atom stereocenters. The summed E-state index contributed by atoms with van der Waals surface area (Å²) in [6.07, 6.45) is 1.59. The monoisotopic (exact) mass is 388 g/mol. The summed E-state index contributed by atoms with van der Waals surface area (Å²) < 4.78 is 2.42. The molecule has 2 aromatic heterocycles. The molecule has 0 bridgehead atoms. The molecule has 29 heavy (non-hydrogen) atoms. The molecule has 0 saturated carbocycles. The topological polar surface area (TPSA) is 93.3 Å². The van der Waals surface area contributed by atoms with Crippen LogP contribution in [0, 0.1) is 6.92 Å². The van der Waals surface area contributed by atoms with E-state index in [1.54, 1.807) is 12.3 Å². The van der Waals surface area contributed by atoms with Crippen molar-refractivity contribution in [2.45, 2.75) is 20.0 Å². The zero-order chi connectivity index (χ0) is 20.2. The van der Waals surface area contributed by atoms with Crippen molar-refractivity contribution in [2.24, 2.45) is 0 Å². The first-order valence-corrected chi connectivity index (χ1v) is 9.19. The number of benzene rings is 2. The number of aryl methyl sites for hydroxylation is 1. The van der Waals surface area contributed by atoms with Gasteiger partial charge in [0.15, 0.2) is 0 Å². The molecule has 2 N–H and O–H groups in total. The number of carbonyl (C=O) groups excluding carboxylic acids is 1. The average Bonchev–Trinajstić information content (AvgIpc) is 3.04. The van der Waals surface area contributed by atoms with Crippen LogP contribution in [-0.2, 0) is 17.9 Å². The van der Waals surface area contributed by atoms with Crippen molar-refractivity contribution < 1.29 is 4.79 Å². The zero-order valence-corrected chi connectivity index (χ0v) is 15.9. The Bertz CT molecular complexity index is 1200. The van der Waals surface area contributed by atoms with Crippen LogP contribution < -0.4 is 16.3 Å². The second-order valence-corrected chi connectivity index (χ2v) is 6.68. The molecule has 0 spiro atoms. The summed E-state index contributed by atoms with van der Waals surface area (Å²) in [7, 11) is 0. The maximum Gasteiger partial charge on any atom is 0.352 e. The van der Waals surface area contributed by atoms with Crippen molar-refractivity contribution in [1.29, 1.82) is 0 Å². The molecule has 0 aliphatic heterocycles. The molecule has 4 aromatic rings. The molecule has 0 unspecified atom stereocenters. The highest BCUT2D eigenvalue weighted by Crippen LogP contribution is 2.15. The minimum absolute atomic E-state index is 0.171. The lowest BCUT2D eigenvalue weighted by Gasteiger charge is -2.05. The van der Waals surface area contributed by atoms with Crippen molar-refractivity contribution in [3.8, 4) is 0 Å². The van der Waals surface area contributed by atoms with E-state index >= 15 is 0 Å². The fraction of sp³-hybridized carbons (Fsp3) is 0.143. The number of hydrogen-bond acceptors (Lipinski definition) is 5. The van der Waals surface area contributed by atoms with E-state index in [0.717, 1.165) is 21.5 Å². The molecule has 146 valence electrons. The van der Waals surface area contributed by atoms with Gasteiger partial charge in [-0.2, -0.15) is 4.98 Å². The Morgan fingerprint density at radius 3 is 2.55 bits per heavy atom. The lowest BCUT2D eigenvalue weighted by Crippen LogP contribution is -2.32. The number of nitrogens with one attached hydrogen (secondary N) is 2. The van der Waals surface area contributed by atoms with Gasteiger partial charge in [0.25, 0.3) is 5.78 Å². The Kier molecular flexibility index (Phi) is 5.07. The van der Waals surface area contributed by atoms with Crippen LogP contribution in [0.5, 0.6) is 0 Å². The molecule has 8 nitrogen and oxygen atoms in total. The van der Waals surface area contributed by atoms with Gasteiger partial charge in [-0.05, 0) is 30.7 Å². The third kappa shape index (κ3) is 4.32. The van der Waals surface area contributed by atoms with Crippen molar-refractivity contribution in [1.82, 2.24) is 24.5 Å². The van der Waals surface area contributed by atoms with Gasteiger partial charge in [-0.1, -0.05) is 48.0 Å². The number of rotatable bonds is 6. The second-order valence-electron chi connectivity index (χ2n) is 6.68. The summed E-state index contributed by atoms with van der Waals surface area (Å²) in [6, 6.07) is 19.1. The number of hydrogen-bond donors (Lipinski definition) is 2. The van der Waals surface area contributed by atoms with Gasteiger partial charge in [0.1, 0.15) is 12.4 Å². The standard InChI is InChI=1S/C21H20N6O2/c1-15-7-9-17(10-8-15)23-18-11-12-26-20(24-18)25-27(21(26)29)14-19(28)22-13-16-5-3-2-4-6-16/h2-12H,13-14H2,1H3,(H,22,28)(H,23,24,25). The molecule has 0 aliphatic carbocycles. The maximum atomic E-state index is 12.5. The van der Waals surface area contributed by atoms with Crippen molar-refractivity contribution in [3.05, 3.63) is 88.5 Å². The fourth-order valence-corrected chi connectivity index (χ4v) is 2.85. The van der Waals surface area contributed by atoms with Gasteiger partial charge in [-0.15, -0.1) is 5.10 Å². The Morgan fingerprint density at radius 2 is 1.79 bits per heavy atom. The molecular weight excluding hydrogens is 368 g/mol. The minimum atomic E-state index is -0.413. The highest BCUT2D eigenvalue weighted by molar-refractivity contribution is 5.75. The van der Waals surface area contributed by atoms with Gasteiger partial charge in [0, 0.05) is 18.4 Å². The summed E-state index contributed by atoms with van der Waals surface area (Å²) in [5.74, 6) is 0.493. The van der Waals surface area contributed by atoms with Crippen LogP contribution in [0.2, 0.25) is 0 Å². The molecule has 8 heteroatoms. The molecule has 2 aromatic carbocycles. The first-order chi connectivity index (χ1) is 14.1. The summed E-state index contributed by atoms with van der Waals surface area (Å²) in [6.45, 7) is 2.24. The predicted molar refractivity (Wildman–Crippen MR) is 110 cm³/mol. The Balaban J connectivity index is 1.47. The van der Waals surface area contributed by atoms with Crippen LogP contribution in [0.3, 0.4) is 0 Å². The third-order valence-electron chi connectivity index (χ3n) is 4.40. The molecule has 2 heterocycles. The van der Waals surface area contributed by atoms with Crippen molar-refractivity contribution in [2.75, 3.05) is 5.32 Å². The summed E-state index contributed by atoms with van der Waals surface area (Å²) in [5.41, 5.74) is 2.62. The van der Waals surface area contributed by atoms with Crippen LogP contribution >= 0.6 is 0 Å². The predicted octanol–water partition coefficient (Wildman–Crippen LogP) is 2.26. The number of anilines is 2. The van der Waals surface area contributed by atoms with Gasteiger partial charge in [-0.25, -0.2) is 13.9 Å². The van der Waals surface area contributed by atoms with E-state index in [0.29, 0.717) is 12.4 Å². The third-order valence-corrected chi connectivity index (χ3v) is 4.40. The van der Waals surface area contributed by atoms with Gasteiger partial charge in [-0.3, -0.25) is 4.79 Å². The van der Waals surface area contributed by atoms with E-state index in [-0.39, 0.29) is 18.2 Å². The van der Waals surface area contributed by atoms with Crippen molar-refractivity contribution in [3.63, 3.8) is 0 Å². The molecule has 1 amide bonds. The molecule has 0 aliphatic rings. The van der Waals surface area contributed by atoms with Gasteiger partial charge < -0.3 is 10.6 Å². The lowest BCUT2D eigenvalue weighted by atomic mass is 10.2. The summed E-state index contributed by atoms with van der Waals surface area (Å²) in [5, 5.41) is 10.1. The average molecular weight is 388 g/mol. The number of fused-ring (bicyclic) bond motifs is 1.